The van der Waals surface area contributed by atoms with Gasteiger partial charge in [0, 0.05) is 29.7 Å². The number of anilines is 2. The topological polar surface area (TPSA) is 84.7 Å². The number of aromatic nitrogens is 4. The highest BCUT2D eigenvalue weighted by atomic mass is 16.1. The summed E-state index contributed by atoms with van der Waals surface area (Å²) in [4.78, 5) is 19.3. The Labute approximate surface area is 170 Å². The summed E-state index contributed by atoms with van der Waals surface area (Å²) < 4.78 is 1.92. The number of allylic oxidation sites excluding steroid dienone is 1. The van der Waals surface area contributed by atoms with E-state index in [1.807, 2.05) is 48.4 Å². The summed E-state index contributed by atoms with van der Waals surface area (Å²) in [6.45, 7) is 6.19. The maximum atomic E-state index is 10.2. The third-order valence-corrected chi connectivity index (χ3v) is 4.47. The minimum atomic E-state index is 0.304. The van der Waals surface area contributed by atoms with E-state index in [9.17, 15) is 4.79 Å². The first-order valence-corrected chi connectivity index (χ1v) is 9.65. The van der Waals surface area contributed by atoms with E-state index < -0.39 is 0 Å². The fourth-order valence-electron chi connectivity index (χ4n) is 2.86. The van der Waals surface area contributed by atoms with Crippen molar-refractivity contribution in [3.05, 3.63) is 66.3 Å². The zero-order valence-electron chi connectivity index (χ0n) is 17.0. The first kappa shape index (κ1) is 20.3. The first-order chi connectivity index (χ1) is 14.1. The molecule has 0 radical (unpaired) electrons. The third kappa shape index (κ3) is 5.51. The second-order valence-electron chi connectivity index (χ2n) is 7.08. The van der Waals surface area contributed by atoms with Crippen molar-refractivity contribution < 1.29 is 4.79 Å². The zero-order chi connectivity index (χ0) is 20.6. The van der Waals surface area contributed by atoms with Crippen molar-refractivity contribution in [2.45, 2.75) is 39.7 Å². The number of hydrogen-bond acceptors (Lipinski definition) is 5. The Hall–Kier alpha value is -3.48. The van der Waals surface area contributed by atoms with Crippen molar-refractivity contribution >= 4 is 18.0 Å². The van der Waals surface area contributed by atoms with Gasteiger partial charge in [-0.05, 0) is 63.1 Å². The van der Waals surface area contributed by atoms with E-state index in [4.69, 9.17) is 4.98 Å². The molecule has 0 fully saturated rings. The Kier molecular flexibility index (Phi) is 6.73. The summed E-state index contributed by atoms with van der Waals surface area (Å²) >= 11 is 0. The quantitative estimate of drug-likeness (QED) is 0.536. The summed E-state index contributed by atoms with van der Waals surface area (Å²) in [7, 11) is 0. The maximum absolute atomic E-state index is 10.2. The van der Waals surface area contributed by atoms with Gasteiger partial charge in [-0.1, -0.05) is 18.2 Å². The predicted octanol–water partition coefficient (Wildman–Crippen LogP) is 4.17. The summed E-state index contributed by atoms with van der Waals surface area (Å²) in [5, 5.41) is 10.2. The Balaban J connectivity index is 1.67. The van der Waals surface area contributed by atoms with E-state index in [1.165, 1.54) is 5.56 Å². The van der Waals surface area contributed by atoms with Crippen LogP contribution < -0.4 is 10.6 Å². The van der Waals surface area contributed by atoms with Crippen LogP contribution in [0.15, 0.2) is 55.1 Å². The van der Waals surface area contributed by atoms with Crippen molar-refractivity contribution in [2.75, 3.05) is 5.32 Å². The molecule has 0 spiro atoms. The van der Waals surface area contributed by atoms with Gasteiger partial charge in [0.2, 0.25) is 12.4 Å². The number of nitrogens with one attached hydrogen (secondary N) is 2. The molecular weight excluding hydrogens is 364 g/mol. The van der Waals surface area contributed by atoms with Gasteiger partial charge < -0.3 is 10.6 Å². The van der Waals surface area contributed by atoms with E-state index in [2.05, 4.69) is 46.7 Å². The van der Waals surface area contributed by atoms with Crippen molar-refractivity contribution in [1.82, 2.24) is 25.1 Å². The molecule has 0 saturated carbocycles. The summed E-state index contributed by atoms with van der Waals surface area (Å²) in [6, 6.07) is 8.49. The van der Waals surface area contributed by atoms with Gasteiger partial charge in [0.25, 0.3) is 0 Å². The van der Waals surface area contributed by atoms with Gasteiger partial charge in [-0.15, -0.1) is 0 Å². The molecule has 7 heteroatoms. The average Bonchev–Trinajstić information content (AvgIpc) is 3.21. The van der Waals surface area contributed by atoms with Crippen LogP contribution in [0.1, 0.15) is 37.4 Å². The Morgan fingerprint density at radius 2 is 1.97 bits per heavy atom. The molecule has 0 aliphatic rings. The molecule has 0 unspecified atom stereocenters. The monoisotopic (exact) mass is 390 g/mol. The lowest BCUT2D eigenvalue weighted by Gasteiger charge is -2.09. The van der Waals surface area contributed by atoms with Crippen LogP contribution in [-0.2, 0) is 11.2 Å². The second kappa shape index (κ2) is 9.64. The minimum absolute atomic E-state index is 0.304. The lowest BCUT2D eigenvalue weighted by Crippen LogP contribution is -2.01. The molecule has 1 amide bonds. The molecule has 3 aromatic rings. The Bertz CT molecular complexity index is 975. The van der Waals surface area contributed by atoms with Crippen LogP contribution in [0.25, 0.3) is 11.3 Å². The normalized spacial score (nSPS) is 11.2. The average molecular weight is 390 g/mol. The smallest absolute Gasteiger partial charge is 0.227 e. The van der Waals surface area contributed by atoms with Gasteiger partial charge >= 0.3 is 0 Å². The van der Waals surface area contributed by atoms with Crippen LogP contribution in [0.2, 0.25) is 0 Å². The van der Waals surface area contributed by atoms with Crippen molar-refractivity contribution in [3.8, 4) is 11.3 Å². The first-order valence-electron chi connectivity index (χ1n) is 9.65. The number of hydrogen-bond donors (Lipinski definition) is 2. The number of nitrogens with zero attached hydrogens (tertiary/aromatic N) is 4. The van der Waals surface area contributed by atoms with Gasteiger partial charge in [0.05, 0.1) is 11.9 Å². The molecule has 0 atom stereocenters. The minimum Gasteiger partial charge on any atom is -0.336 e. The zero-order valence-corrected chi connectivity index (χ0v) is 17.0. The predicted molar refractivity (Wildman–Crippen MR) is 115 cm³/mol. The van der Waals surface area contributed by atoms with Gasteiger partial charge in [0.1, 0.15) is 0 Å². The largest absolute Gasteiger partial charge is 0.336 e. The van der Waals surface area contributed by atoms with Crippen LogP contribution in [0, 0.1) is 6.92 Å². The molecule has 2 aromatic heterocycles. The molecule has 0 saturated heterocycles. The Morgan fingerprint density at radius 1 is 1.17 bits per heavy atom. The molecule has 2 heterocycles. The molecule has 0 bridgehead atoms. The van der Waals surface area contributed by atoms with Gasteiger partial charge in [-0.25, -0.2) is 9.97 Å². The number of carbonyl (C=O) groups excluding carboxylic acids is 1. The molecule has 1 aromatic carbocycles. The molecule has 2 N–H and O–H groups in total. The molecule has 150 valence electrons. The van der Waals surface area contributed by atoms with Crippen LogP contribution in [0.5, 0.6) is 0 Å². The molecule has 7 nitrogen and oxygen atoms in total. The number of aryl methyl sites for hydroxylation is 2. The third-order valence-electron chi connectivity index (χ3n) is 4.47. The van der Waals surface area contributed by atoms with Crippen molar-refractivity contribution in [1.29, 1.82) is 0 Å². The van der Waals surface area contributed by atoms with E-state index in [1.54, 1.807) is 6.20 Å². The highest BCUT2D eigenvalue weighted by Gasteiger charge is 2.10. The van der Waals surface area contributed by atoms with Gasteiger partial charge in [-0.2, -0.15) is 5.10 Å². The van der Waals surface area contributed by atoms with Crippen LogP contribution in [0.3, 0.4) is 0 Å². The van der Waals surface area contributed by atoms with Crippen molar-refractivity contribution in [3.63, 3.8) is 0 Å². The number of carbonyl (C=O) groups is 1. The van der Waals surface area contributed by atoms with Crippen LogP contribution in [0.4, 0.5) is 11.6 Å². The van der Waals surface area contributed by atoms with Gasteiger partial charge in [0.15, 0.2) is 0 Å². The van der Waals surface area contributed by atoms with Crippen LogP contribution in [-0.4, -0.2) is 26.2 Å². The van der Waals surface area contributed by atoms with Crippen molar-refractivity contribution in [2.24, 2.45) is 0 Å². The maximum Gasteiger partial charge on any atom is 0.227 e. The number of rotatable bonds is 9. The fraction of sp³-hybridized carbons (Fsp3) is 0.273. The number of benzene rings is 1. The van der Waals surface area contributed by atoms with E-state index in [0.29, 0.717) is 18.4 Å². The van der Waals surface area contributed by atoms with E-state index >= 15 is 0 Å². The molecule has 29 heavy (non-hydrogen) atoms. The summed E-state index contributed by atoms with van der Waals surface area (Å²) in [5.74, 6) is 0.554. The lowest BCUT2D eigenvalue weighted by molar-refractivity contribution is -0.108. The standard InChI is InChI=1S/C22H26N6O/c1-16(2)28-14-19(13-25-28)21-17(3)12-24-22(27-21)26-20-9-7-18(8-10-20)6-4-5-11-23-15-29/h5,7-16H,4,6H2,1-3H3,(H,23,29)(H,24,26,27). The van der Waals surface area contributed by atoms with Gasteiger partial charge in [-0.3, -0.25) is 9.48 Å². The summed E-state index contributed by atoms with van der Waals surface area (Å²) in [6.07, 6.45) is 11.7. The molecule has 0 aliphatic carbocycles. The Morgan fingerprint density at radius 3 is 2.66 bits per heavy atom. The van der Waals surface area contributed by atoms with Crippen LogP contribution >= 0.6 is 0 Å². The number of amides is 1. The molecule has 0 aliphatic heterocycles. The molecular formula is C22H26N6O. The van der Waals surface area contributed by atoms with E-state index in [0.717, 1.165) is 35.3 Å². The van der Waals surface area contributed by atoms with E-state index in [-0.39, 0.29) is 0 Å². The molecule has 3 rings (SSSR count). The fourth-order valence-corrected chi connectivity index (χ4v) is 2.86. The lowest BCUT2D eigenvalue weighted by atomic mass is 10.1. The highest BCUT2D eigenvalue weighted by Crippen LogP contribution is 2.23. The second-order valence-corrected chi connectivity index (χ2v) is 7.08. The summed E-state index contributed by atoms with van der Waals surface area (Å²) in [5.41, 5.74) is 5.01. The SMILES string of the molecule is Cc1cnc(Nc2ccc(CCC=CNC=O)cc2)nc1-c1cnn(C(C)C)c1. The highest BCUT2D eigenvalue weighted by molar-refractivity contribution is 5.64.